The molecule has 0 unspecified atom stereocenters. The largest absolute Gasteiger partial charge is 0.273 e. The van der Waals surface area contributed by atoms with E-state index in [1.165, 1.54) is 11.3 Å². The first-order chi connectivity index (χ1) is 8.51. The normalized spacial score (nSPS) is 11.9. The zero-order valence-corrected chi connectivity index (χ0v) is 12.8. The van der Waals surface area contributed by atoms with Crippen LogP contribution < -0.4 is 4.72 Å². The molecule has 0 aromatic carbocycles. The molecule has 0 saturated heterocycles. The molecule has 2 aromatic rings. The van der Waals surface area contributed by atoms with Crippen molar-refractivity contribution >= 4 is 37.3 Å². The molecule has 2 aromatic heterocycles. The number of thiophene rings is 1. The van der Waals surface area contributed by atoms with Gasteiger partial charge in [0.05, 0.1) is 16.0 Å². The smallest absolute Gasteiger partial charge is 0.250 e. The fourth-order valence-corrected chi connectivity index (χ4v) is 4.41. The first-order valence-electron chi connectivity index (χ1n) is 5.28. The second-order valence-electron chi connectivity index (χ2n) is 3.55. The lowest BCUT2D eigenvalue weighted by atomic mass is 10.4. The van der Waals surface area contributed by atoms with Gasteiger partial charge < -0.3 is 0 Å². The van der Waals surface area contributed by atoms with E-state index < -0.39 is 10.0 Å². The van der Waals surface area contributed by atoms with Crippen LogP contribution in [0.25, 0.3) is 0 Å². The van der Waals surface area contributed by atoms with E-state index in [1.807, 2.05) is 13.1 Å². The minimum absolute atomic E-state index is 0.199. The average molecular weight is 350 g/mol. The first kappa shape index (κ1) is 13.7. The quantitative estimate of drug-likeness (QED) is 0.899. The van der Waals surface area contributed by atoms with Gasteiger partial charge in [0.15, 0.2) is 0 Å². The third-order valence-electron chi connectivity index (χ3n) is 2.28. The van der Waals surface area contributed by atoms with Crippen LogP contribution in [-0.2, 0) is 23.1 Å². The molecule has 2 rings (SSSR count). The molecule has 0 atom stereocenters. The summed E-state index contributed by atoms with van der Waals surface area (Å²) < 4.78 is 29.2. The lowest BCUT2D eigenvalue weighted by molar-refractivity contribution is 0.580. The molecule has 0 aliphatic rings. The fourth-order valence-electron chi connectivity index (χ4n) is 1.36. The molecule has 18 heavy (non-hydrogen) atoms. The SMILES string of the molecule is CCn1ccc(CNS(=O)(=O)c2ccc(Br)s2)n1. The van der Waals surface area contributed by atoms with E-state index in [-0.39, 0.29) is 6.54 Å². The molecule has 8 heteroatoms. The molecule has 0 fully saturated rings. The minimum Gasteiger partial charge on any atom is -0.273 e. The van der Waals surface area contributed by atoms with Crippen molar-refractivity contribution in [3.05, 3.63) is 33.9 Å². The lowest BCUT2D eigenvalue weighted by Crippen LogP contribution is -2.22. The van der Waals surface area contributed by atoms with Crippen molar-refractivity contribution in [3.63, 3.8) is 0 Å². The van der Waals surface area contributed by atoms with Gasteiger partial charge >= 0.3 is 0 Å². The molecule has 0 amide bonds. The van der Waals surface area contributed by atoms with Gasteiger partial charge in [-0.15, -0.1) is 11.3 Å². The Morgan fingerprint density at radius 2 is 2.22 bits per heavy atom. The zero-order valence-electron chi connectivity index (χ0n) is 9.63. The highest BCUT2D eigenvalue weighted by Crippen LogP contribution is 2.25. The number of nitrogens with zero attached hydrogens (tertiary/aromatic N) is 2. The van der Waals surface area contributed by atoms with Crippen LogP contribution in [0.15, 0.2) is 32.4 Å². The van der Waals surface area contributed by atoms with Gasteiger partial charge in [0.25, 0.3) is 0 Å². The molecule has 0 saturated carbocycles. The summed E-state index contributed by atoms with van der Waals surface area (Å²) in [4.78, 5) is 0. The van der Waals surface area contributed by atoms with Crippen LogP contribution in [-0.4, -0.2) is 18.2 Å². The van der Waals surface area contributed by atoms with Gasteiger partial charge in [-0.3, -0.25) is 4.68 Å². The summed E-state index contributed by atoms with van der Waals surface area (Å²) in [5, 5.41) is 4.21. The Balaban J connectivity index is 2.05. The van der Waals surface area contributed by atoms with Gasteiger partial charge in [0, 0.05) is 12.7 Å². The summed E-state index contributed by atoms with van der Waals surface area (Å²) >= 11 is 4.42. The maximum atomic E-state index is 11.9. The van der Waals surface area contributed by atoms with Crippen molar-refractivity contribution < 1.29 is 8.42 Å². The average Bonchev–Trinajstić information content (AvgIpc) is 2.95. The van der Waals surface area contributed by atoms with Crippen molar-refractivity contribution in [2.24, 2.45) is 0 Å². The minimum atomic E-state index is -3.45. The number of hydrogen-bond donors (Lipinski definition) is 1. The third kappa shape index (κ3) is 3.19. The molecule has 0 bridgehead atoms. The molecule has 2 heterocycles. The molecule has 0 aliphatic heterocycles. The number of halogens is 1. The second kappa shape index (κ2) is 5.52. The highest BCUT2D eigenvalue weighted by atomic mass is 79.9. The van der Waals surface area contributed by atoms with Gasteiger partial charge in [-0.2, -0.15) is 5.10 Å². The zero-order chi connectivity index (χ0) is 13.2. The number of rotatable bonds is 5. The van der Waals surface area contributed by atoms with E-state index in [4.69, 9.17) is 0 Å². The maximum Gasteiger partial charge on any atom is 0.250 e. The van der Waals surface area contributed by atoms with Crippen LogP contribution in [0.2, 0.25) is 0 Å². The molecular weight excluding hydrogens is 338 g/mol. The maximum absolute atomic E-state index is 11.9. The van der Waals surface area contributed by atoms with Crippen LogP contribution >= 0.6 is 27.3 Å². The fraction of sp³-hybridized carbons (Fsp3) is 0.300. The summed E-state index contributed by atoms with van der Waals surface area (Å²) in [5.41, 5.74) is 0.705. The van der Waals surface area contributed by atoms with E-state index in [0.717, 1.165) is 10.3 Å². The number of aryl methyl sites for hydroxylation is 1. The molecular formula is C10H12BrN3O2S2. The summed E-state index contributed by atoms with van der Waals surface area (Å²) in [5.74, 6) is 0. The highest BCUT2D eigenvalue weighted by molar-refractivity contribution is 9.11. The Morgan fingerprint density at radius 3 is 2.78 bits per heavy atom. The van der Waals surface area contributed by atoms with Crippen LogP contribution in [0.5, 0.6) is 0 Å². The predicted octanol–water partition coefficient (Wildman–Crippen LogP) is 2.21. The van der Waals surface area contributed by atoms with E-state index >= 15 is 0 Å². The molecule has 5 nitrogen and oxygen atoms in total. The van der Waals surface area contributed by atoms with Crippen LogP contribution in [0.4, 0.5) is 0 Å². The van der Waals surface area contributed by atoms with Crippen molar-refractivity contribution in [2.75, 3.05) is 0 Å². The van der Waals surface area contributed by atoms with E-state index in [9.17, 15) is 8.42 Å². The number of sulfonamides is 1. The highest BCUT2D eigenvalue weighted by Gasteiger charge is 2.16. The van der Waals surface area contributed by atoms with Crippen LogP contribution in [0, 0.1) is 0 Å². The van der Waals surface area contributed by atoms with Gasteiger partial charge in [-0.05, 0) is 41.1 Å². The Labute approximate surface area is 118 Å². The standard InChI is InChI=1S/C10H12BrN3O2S2/c1-2-14-6-5-8(13-14)7-12-18(15,16)10-4-3-9(11)17-10/h3-6,12H,2,7H2,1H3. The predicted molar refractivity (Wildman–Crippen MR) is 73.9 cm³/mol. The van der Waals surface area contributed by atoms with Gasteiger partial charge in [0.2, 0.25) is 10.0 Å². The molecule has 1 N–H and O–H groups in total. The summed E-state index contributed by atoms with van der Waals surface area (Å²) in [6.07, 6.45) is 1.82. The number of hydrogen-bond acceptors (Lipinski definition) is 4. The van der Waals surface area contributed by atoms with E-state index in [1.54, 1.807) is 22.9 Å². The molecule has 0 aliphatic carbocycles. The van der Waals surface area contributed by atoms with E-state index in [0.29, 0.717) is 9.90 Å². The van der Waals surface area contributed by atoms with Crippen LogP contribution in [0.3, 0.4) is 0 Å². The third-order valence-corrected chi connectivity index (χ3v) is 5.79. The van der Waals surface area contributed by atoms with Crippen molar-refractivity contribution in [1.29, 1.82) is 0 Å². The Morgan fingerprint density at radius 1 is 1.44 bits per heavy atom. The van der Waals surface area contributed by atoms with Crippen LogP contribution in [0.1, 0.15) is 12.6 Å². The second-order valence-corrected chi connectivity index (χ2v) is 8.00. The van der Waals surface area contributed by atoms with E-state index in [2.05, 4.69) is 25.8 Å². The van der Waals surface area contributed by atoms with Gasteiger partial charge in [-0.1, -0.05) is 0 Å². The Kier molecular flexibility index (Phi) is 4.21. The summed E-state index contributed by atoms with van der Waals surface area (Å²) in [6.45, 7) is 2.94. The monoisotopic (exact) mass is 349 g/mol. The summed E-state index contributed by atoms with van der Waals surface area (Å²) in [7, 11) is -3.45. The number of aromatic nitrogens is 2. The van der Waals surface area contributed by atoms with Crippen molar-refractivity contribution in [2.45, 2.75) is 24.2 Å². The Bertz CT molecular complexity index is 633. The summed E-state index contributed by atoms with van der Waals surface area (Å²) in [6, 6.07) is 5.09. The Hall–Kier alpha value is -0.700. The van der Waals surface area contributed by atoms with Crippen molar-refractivity contribution in [3.8, 4) is 0 Å². The number of nitrogens with one attached hydrogen (secondary N) is 1. The van der Waals surface area contributed by atoms with Gasteiger partial charge in [-0.25, -0.2) is 13.1 Å². The molecule has 98 valence electrons. The van der Waals surface area contributed by atoms with Gasteiger partial charge in [0.1, 0.15) is 4.21 Å². The molecule has 0 spiro atoms. The first-order valence-corrected chi connectivity index (χ1v) is 8.38. The van der Waals surface area contributed by atoms with Crippen molar-refractivity contribution in [1.82, 2.24) is 14.5 Å². The molecule has 0 radical (unpaired) electrons. The topological polar surface area (TPSA) is 64.0 Å². The lowest BCUT2D eigenvalue weighted by Gasteiger charge is -2.02.